The highest BCUT2D eigenvalue weighted by atomic mass is 19.1. The minimum Gasteiger partial charge on any atom is -0.320 e. The van der Waals surface area contributed by atoms with Crippen molar-refractivity contribution in [2.24, 2.45) is 0 Å². The van der Waals surface area contributed by atoms with Crippen LogP contribution in [0.25, 0.3) is 28.4 Å². The number of hydrogen-bond donors (Lipinski definition) is 0. The molecule has 0 saturated carbocycles. The molecule has 3 heterocycles. The van der Waals surface area contributed by atoms with Crippen LogP contribution in [0.1, 0.15) is 33.0 Å². The van der Waals surface area contributed by atoms with Gasteiger partial charge in [-0.2, -0.15) is 10.2 Å². The summed E-state index contributed by atoms with van der Waals surface area (Å²) in [6, 6.07) is 14.1. The first-order chi connectivity index (χ1) is 16.4. The predicted octanol–water partition coefficient (Wildman–Crippen LogP) is 5.62. The van der Waals surface area contributed by atoms with Gasteiger partial charge in [0, 0.05) is 17.8 Å². The van der Waals surface area contributed by atoms with Crippen LogP contribution in [0.15, 0.2) is 67.3 Å². The van der Waals surface area contributed by atoms with Gasteiger partial charge in [0.2, 0.25) is 0 Å². The van der Waals surface area contributed by atoms with Gasteiger partial charge in [-0.1, -0.05) is 18.2 Å². The van der Waals surface area contributed by atoms with Crippen molar-refractivity contribution >= 4 is 28.5 Å². The molecular weight excluding hydrogens is 429 g/mol. The number of ketones is 1. The third-order valence-electron chi connectivity index (χ3n) is 6.07. The number of fused-ring (bicyclic) bond motifs is 3. The maximum absolute atomic E-state index is 13.4. The molecule has 170 valence electrons. The van der Waals surface area contributed by atoms with Gasteiger partial charge < -0.3 is 4.57 Å². The van der Waals surface area contributed by atoms with E-state index in [1.807, 2.05) is 55.6 Å². The number of aromatic nitrogens is 5. The lowest BCUT2D eigenvalue weighted by molar-refractivity contribution is 0.104. The lowest BCUT2D eigenvalue weighted by Crippen LogP contribution is -2.02. The Labute approximate surface area is 196 Å². The standard InChI is InChI=1S/C27H24FN5O/c1-5-16-31-23-8-6-7-9-24(23)33-27(31)26(18(3)30-33)25(34)15-14-22-17(2)29-32(19(22)4)21-12-10-20(28)11-13-21/h5-15H,1,16H2,2-4H3. The first-order valence-electron chi connectivity index (χ1n) is 11.0. The van der Waals surface area contributed by atoms with Gasteiger partial charge in [0.1, 0.15) is 11.5 Å². The van der Waals surface area contributed by atoms with E-state index in [1.54, 1.807) is 29.0 Å². The van der Waals surface area contributed by atoms with E-state index in [4.69, 9.17) is 0 Å². The Morgan fingerprint density at radius 2 is 1.71 bits per heavy atom. The van der Waals surface area contributed by atoms with E-state index in [9.17, 15) is 9.18 Å². The molecule has 0 unspecified atom stereocenters. The summed E-state index contributed by atoms with van der Waals surface area (Å²) < 4.78 is 19.0. The zero-order valence-corrected chi connectivity index (χ0v) is 19.3. The topological polar surface area (TPSA) is 57.1 Å². The molecule has 0 amide bonds. The maximum Gasteiger partial charge on any atom is 0.191 e. The molecule has 0 saturated heterocycles. The van der Waals surface area contributed by atoms with Crippen LogP contribution in [0.2, 0.25) is 0 Å². The van der Waals surface area contributed by atoms with Crippen molar-refractivity contribution in [1.29, 1.82) is 0 Å². The molecule has 0 fully saturated rings. The fraction of sp³-hybridized carbons (Fsp3) is 0.148. The molecule has 3 aromatic heterocycles. The van der Waals surface area contributed by atoms with Gasteiger partial charge in [-0.05, 0) is 69.3 Å². The number of para-hydroxylation sites is 2. The molecule has 0 spiro atoms. The second kappa shape index (κ2) is 8.26. The molecule has 6 nitrogen and oxygen atoms in total. The first kappa shape index (κ1) is 21.6. The highest BCUT2D eigenvalue weighted by molar-refractivity contribution is 6.12. The lowest BCUT2D eigenvalue weighted by atomic mass is 10.1. The van der Waals surface area contributed by atoms with E-state index in [1.165, 1.54) is 12.1 Å². The van der Waals surface area contributed by atoms with Crippen molar-refractivity contribution < 1.29 is 9.18 Å². The molecule has 0 N–H and O–H groups in total. The number of carbonyl (C=O) groups excluding carboxylic acids is 1. The molecule has 5 rings (SSSR count). The Hall–Kier alpha value is -4.26. The van der Waals surface area contributed by atoms with Crippen molar-refractivity contribution in [3.05, 3.63) is 101 Å². The summed E-state index contributed by atoms with van der Waals surface area (Å²) >= 11 is 0. The summed E-state index contributed by atoms with van der Waals surface area (Å²) in [6.45, 7) is 10.1. The number of halogens is 1. The van der Waals surface area contributed by atoms with Crippen molar-refractivity contribution in [2.45, 2.75) is 27.3 Å². The first-order valence-corrected chi connectivity index (χ1v) is 11.0. The Balaban J connectivity index is 1.57. The van der Waals surface area contributed by atoms with Crippen LogP contribution in [0.3, 0.4) is 0 Å². The number of aryl methyl sites for hydroxylation is 2. The zero-order chi connectivity index (χ0) is 24.0. The smallest absolute Gasteiger partial charge is 0.191 e. The number of hydrogen-bond acceptors (Lipinski definition) is 3. The van der Waals surface area contributed by atoms with E-state index in [2.05, 4.69) is 21.3 Å². The molecule has 0 aliphatic rings. The normalized spacial score (nSPS) is 11.8. The molecule has 2 aromatic carbocycles. The average Bonchev–Trinajstić information content (AvgIpc) is 3.42. The van der Waals surface area contributed by atoms with Crippen LogP contribution >= 0.6 is 0 Å². The lowest BCUT2D eigenvalue weighted by Gasteiger charge is -2.04. The molecular formula is C27H24FN5O. The minimum atomic E-state index is -0.298. The monoisotopic (exact) mass is 453 g/mol. The minimum absolute atomic E-state index is 0.131. The molecule has 0 bridgehead atoms. The number of carbonyl (C=O) groups is 1. The van der Waals surface area contributed by atoms with Crippen LogP contribution in [0.5, 0.6) is 0 Å². The fourth-order valence-electron chi connectivity index (χ4n) is 4.49. The van der Waals surface area contributed by atoms with Gasteiger partial charge in [-0.15, -0.1) is 6.58 Å². The summed E-state index contributed by atoms with van der Waals surface area (Å²) in [4.78, 5) is 13.4. The Morgan fingerprint density at radius 1 is 1.00 bits per heavy atom. The van der Waals surface area contributed by atoms with Crippen molar-refractivity contribution in [1.82, 2.24) is 24.0 Å². The van der Waals surface area contributed by atoms with Crippen LogP contribution in [-0.4, -0.2) is 29.7 Å². The summed E-state index contributed by atoms with van der Waals surface area (Å²) in [7, 11) is 0. The molecule has 0 aliphatic carbocycles. The van der Waals surface area contributed by atoms with Crippen LogP contribution < -0.4 is 0 Å². The fourth-order valence-corrected chi connectivity index (χ4v) is 4.49. The maximum atomic E-state index is 13.4. The van der Waals surface area contributed by atoms with E-state index >= 15 is 0 Å². The predicted molar refractivity (Wildman–Crippen MR) is 132 cm³/mol. The van der Waals surface area contributed by atoms with Crippen LogP contribution in [0, 0.1) is 26.6 Å². The van der Waals surface area contributed by atoms with E-state index in [-0.39, 0.29) is 11.6 Å². The third kappa shape index (κ3) is 3.37. The molecule has 5 aromatic rings. The van der Waals surface area contributed by atoms with Crippen LogP contribution in [0.4, 0.5) is 4.39 Å². The van der Waals surface area contributed by atoms with Gasteiger partial charge in [-0.3, -0.25) is 4.79 Å². The number of imidazole rings is 1. The Kier molecular flexibility index (Phi) is 5.24. The number of rotatable bonds is 6. The van der Waals surface area contributed by atoms with Gasteiger partial charge in [0.25, 0.3) is 0 Å². The SMILES string of the molecule is C=CCn1c2ccccc2n2nc(C)c(C(=O)C=Cc3c(C)nn(-c4ccc(F)cc4)c3C)c12. The molecule has 0 aliphatic heterocycles. The van der Waals surface area contributed by atoms with Crippen LogP contribution in [-0.2, 0) is 6.54 Å². The zero-order valence-electron chi connectivity index (χ0n) is 19.3. The Morgan fingerprint density at radius 3 is 2.41 bits per heavy atom. The summed E-state index contributed by atoms with van der Waals surface area (Å²) in [5.41, 5.74) is 7.19. The third-order valence-corrected chi connectivity index (χ3v) is 6.07. The number of nitrogens with zero attached hydrogens (tertiary/aromatic N) is 5. The number of allylic oxidation sites excluding steroid dienone is 2. The van der Waals surface area contributed by atoms with Gasteiger partial charge in [-0.25, -0.2) is 13.6 Å². The highest BCUT2D eigenvalue weighted by Crippen LogP contribution is 2.27. The van der Waals surface area contributed by atoms with Crippen molar-refractivity contribution in [3.8, 4) is 5.69 Å². The second-order valence-electron chi connectivity index (χ2n) is 8.25. The molecule has 7 heteroatoms. The van der Waals surface area contributed by atoms with E-state index < -0.39 is 0 Å². The molecule has 0 radical (unpaired) electrons. The van der Waals surface area contributed by atoms with E-state index in [0.29, 0.717) is 17.8 Å². The summed E-state index contributed by atoms with van der Waals surface area (Å²) in [5.74, 6) is -0.429. The van der Waals surface area contributed by atoms with Crippen molar-refractivity contribution in [3.63, 3.8) is 0 Å². The molecule has 0 atom stereocenters. The summed E-state index contributed by atoms with van der Waals surface area (Å²) in [5, 5.41) is 9.25. The summed E-state index contributed by atoms with van der Waals surface area (Å²) in [6.07, 6.45) is 5.19. The Bertz CT molecular complexity index is 1600. The largest absolute Gasteiger partial charge is 0.320 e. The van der Waals surface area contributed by atoms with Gasteiger partial charge >= 0.3 is 0 Å². The second-order valence-corrected chi connectivity index (χ2v) is 8.25. The molecule has 34 heavy (non-hydrogen) atoms. The van der Waals surface area contributed by atoms with E-state index in [0.717, 1.165) is 39.3 Å². The highest BCUT2D eigenvalue weighted by Gasteiger charge is 2.22. The van der Waals surface area contributed by atoms with Gasteiger partial charge in [0.15, 0.2) is 5.78 Å². The average molecular weight is 454 g/mol. The quantitative estimate of drug-likeness (QED) is 0.190. The van der Waals surface area contributed by atoms with Gasteiger partial charge in [0.05, 0.1) is 33.7 Å². The number of benzene rings is 2. The van der Waals surface area contributed by atoms with Crippen molar-refractivity contribution in [2.75, 3.05) is 0 Å².